The Morgan fingerprint density at radius 2 is 2.26 bits per heavy atom. The Bertz CT molecular complexity index is 763. The topological polar surface area (TPSA) is 60.2 Å². The third kappa shape index (κ3) is 2.32. The van der Waals surface area contributed by atoms with Crippen LogP contribution in [0.2, 0.25) is 0 Å². The summed E-state index contributed by atoms with van der Waals surface area (Å²) in [4.78, 5) is 19.5. The summed E-state index contributed by atoms with van der Waals surface area (Å²) < 4.78 is 7.77. The Labute approximate surface area is 135 Å². The van der Waals surface area contributed by atoms with Crippen LogP contribution in [0.25, 0.3) is 11.0 Å². The lowest BCUT2D eigenvalue weighted by Crippen LogP contribution is -2.57. The van der Waals surface area contributed by atoms with Gasteiger partial charge in [0.05, 0.1) is 36.2 Å². The van der Waals surface area contributed by atoms with Gasteiger partial charge in [0.2, 0.25) is 0 Å². The van der Waals surface area contributed by atoms with E-state index in [-0.39, 0.29) is 11.5 Å². The van der Waals surface area contributed by atoms with Crippen LogP contribution in [0.4, 0.5) is 0 Å². The van der Waals surface area contributed by atoms with Gasteiger partial charge in [-0.2, -0.15) is 5.10 Å². The number of aryl methyl sites for hydroxylation is 2. The quantitative estimate of drug-likeness (QED) is 0.852. The van der Waals surface area contributed by atoms with Crippen molar-refractivity contribution in [1.82, 2.24) is 19.7 Å². The smallest absolute Gasteiger partial charge is 0.255 e. The standard InChI is InChI=1S/C17H22N4O2/c1-3-21-15-13(10-18-21)9-14(12(2)19-15)16(22)20-7-8-23-17(11-20)5-4-6-17/h9-10H,3-8,11H2,1-2H3. The molecular weight excluding hydrogens is 292 g/mol. The van der Waals surface area contributed by atoms with Gasteiger partial charge in [-0.05, 0) is 39.2 Å². The van der Waals surface area contributed by atoms with E-state index in [1.807, 2.05) is 29.5 Å². The number of fused-ring (bicyclic) bond motifs is 1. The van der Waals surface area contributed by atoms with Crippen molar-refractivity contribution in [1.29, 1.82) is 0 Å². The molecule has 6 heteroatoms. The first-order valence-electron chi connectivity index (χ1n) is 8.38. The molecule has 0 atom stereocenters. The van der Waals surface area contributed by atoms with Crippen molar-refractivity contribution in [2.24, 2.45) is 0 Å². The van der Waals surface area contributed by atoms with Crippen LogP contribution in [0.15, 0.2) is 12.3 Å². The molecular formula is C17H22N4O2. The van der Waals surface area contributed by atoms with Crippen LogP contribution in [0.3, 0.4) is 0 Å². The van der Waals surface area contributed by atoms with Crippen molar-refractivity contribution >= 4 is 16.9 Å². The predicted molar refractivity (Wildman–Crippen MR) is 86.4 cm³/mol. The number of hydrogen-bond donors (Lipinski definition) is 0. The lowest BCUT2D eigenvalue weighted by molar-refractivity contribution is -0.142. The highest BCUT2D eigenvalue weighted by atomic mass is 16.5. The van der Waals surface area contributed by atoms with Crippen LogP contribution in [0.5, 0.6) is 0 Å². The lowest BCUT2D eigenvalue weighted by atomic mass is 9.78. The maximum atomic E-state index is 13.0. The van der Waals surface area contributed by atoms with Gasteiger partial charge in [0.1, 0.15) is 0 Å². The highest BCUT2D eigenvalue weighted by molar-refractivity contribution is 5.98. The molecule has 6 nitrogen and oxygen atoms in total. The molecule has 0 radical (unpaired) electrons. The second kappa shape index (κ2) is 5.30. The van der Waals surface area contributed by atoms with Crippen molar-refractivity contribution in [2.75, 3.05) is 19.7 Å². The number of nitrogens with zero attached hydrogens (tertiary/aromatic N) is 4. The van der Waals surface area contributed by atoms with E-state index >= 15 is 0 Å². The Kier molecular flexibility index (Phi) is 3.37. The maximum Gasteiger partial charge on any atom is 0.255 e. The Morgan fingerprint density at radius 1 is 1.43 bits per heavy atom. The lowest BCUT2D eigenvalue weighted by Gasteiger charge is -2.48. The van der Waals surface area contributed by atoms with Gasteiger partial charge in [0.15, 0.2) is 5.65 Å². The predicted octanol–water partition coefficient (Wildman–Crippen LogP) is 2.15. The van der Waals surface area contributed by atoms with Gasteiger partial charge >= 0.3 is 0 Å². The average molecular weight is 314 g/mol. The van der Waals surface area contributed by atoms with E-state index in [1.165, 1.54) is 6.42 Å². The van der Waals surface area contributed by atoms with Crippen LogP contribution in [-0.4, -0.2) is 50.9 Å². The molecule has 4 rings (SSSR count). The molecule has 1 aliphatic heterocycles. The third-order valence-electron chi connectivity index (χ3n) is 5.13. The van der Waals surface area contributed by atoms with Gasteiger partial charge in [-0.3, -0.25) is 4.79 Å². The number of hydrogen-bond acceptors (Lipinski definition) is 4. The van der Waals surface area contributed by atoms with Crippen molar-refractivity contribution < 1.29 is 9.53 Å². The van der Waals surface area contributed by atoms with Crippen molar-refractivity contribution in [2.45, 2.75) is 45.3 Å². The SMILES string of the molecule is CCn1ncc2cc(C(=O)N3CCOC4(CCC4)C3)c(C)nc21. The molecule has 1 spiro atoms. The molecule has 0 aromatic carbocycles. The van der Waals surface area contributed by atoms with Crippen LogP contribution in [0, 0.1) is 6.92 Å². The van der Waals surface area contributed by atoms with Crippen molar-refractivity contribution in [3.8, 4) is 0 Å². The number of carbonyl (C=O) groups excluding carboxylic acids is 1. The minimum absolute atomic E-state index is 0.0655. The number of amides is 1. The second-order valence-corrected chi connectivity index (χ2v) is 6.61. The van der Waals surface area contributed by atoms with E-state index in [1.54, 1.807) is 6.20 Å². The summed E-state index contributed by atoms with van der Waals surface area (Å²) in [5.74, 6) is 0.0655. The van der Waals surface area contributed by atoms with E-state index in [0.29, 0.717) is 25.3 Å². The van der Waals surface area contributed by atoms with Gasteiger partial charge in [0.25, 0.3) is 5.91 Å². The molecule has 2 fully saturated rings. The molecule has 1 aliphatic carbocycles. The largest absolute Gasteiger partial charge is 0.371 e. The Hall–Kier alpha value is -1.95. The van der Waals surface area contributed by atoms with Gasteiger partial charge in [-0.25, -0.2) is 9.67 Å². The van der Waals surface area contributed by atoms with Crippen molar-refractivity contribution in [3.63, 3.8) is 0 Å². The van der Waals surface area contributed by atoms with E-state index in [9.17, 15) is 4.79 Å². The average Bonchev–Trinajstić information content (AvgIpc) is 2.94. The minimum Gasteiger partial charge on any atom is -0.371 e. The first-order valence-corrected chi connectivity index (χ1v) is 8.38. The Balaban J connectivity index is 1.65. The number of ether oxygens (including phenoxy) is 1. The zero-order chi connectivity index (χ0) is 16.0. The number of morpholine rings is 1. The summed E-state index contributed by atoms with van der Waals surface area (Å²) in [6, 6.07) is 1.93. The molecule has 1 saturated heterocycles. The highest BCUT2D eigenvalue weighted by Crippen LogP contribution is 2.38. The summed E-state index contributed by atoms with van der Waals surface area (Å²) in [6.45, 7) is 6.71. The van der Waals surface area contributed by atoms with Crippen LogP contribution in [-0.2, 0) is 11.3 Å². The highest BCUT2D eigenvalue weighted by Gasteiger charge is 2.43. The molecule has 122 valence electrons. The molecule has 0 bridgehead atoms. The zero-order valence-corrected chi connectivity index (χ0v) is 13.7. The zero-order valence-electron chi connectivity index (χ0n) is 13.7. The minimum atomic E-state index is -0.0769. The first kappa shape index (κ1) is 14.6. The first-order chi connectivity index (χ1) is 11.1. The van der Waals surface area contributed by atoms with Gasteiger partial charge in [-0.1, -0.05) is 0 Å². The second-order valence-electron chi connectivity index (χ2n) is 6.61. The molecule has 1 saturated carbocycles. The van der Waals surface area contributed by atoms with Gasteiger partial charge < -0.3 is 9.64 Å². The van der Waals surface area contributed by atoms with E-state index in [0.717, 1.165) is 36.1 Å². The molecule has 1 amide bonds. The molecule has 2 aromatic heterocycles. The molecule has 0 unspecified atom stereocenters. The van der Waals surface area contributed by atoms with Gasteiger partial charge in [-0.15, -0.1) is 0 Å². The molecule has 2 aliphatic rings. The summed E-state index contributed by atoms with van der Waals surface area (Å²) in [5.41, 5.74) is 2.22. The number of rotatable bonds is 2. The number of pyridine rings is 1. The molecule has 0 N–H and O–H groups in total. The monoisotopic (exact) mass is 314 g/mol. The van der Waals surface area contributed by atoms with Crippen LogP contribution in [0.1, 0.15) is 42.2 Å². The fraction of sp³-hybridized carbons (Fsp3) is 0.588. The number of carbonyl (C=O) groups is 1. The van der Waals surface area contributed by atoms with Crippen molar-refractivity contribution in [3.05, 3.63) is 23.5 Å². The summed E-state index contributed by atoms with van der Waals surface area (Å²) in [6.07, 6.45) is 5.12. The van der Waals surface area contributed by atoms with E-state index in [2.05, 4.69) is 10.1 Å². The molecule has 23 heavy (non-hydrogen) atoms. The summed E-state index contributed by atoms with van der Waals surface area (Å²) >= 11 is 0. The summed E-state index contributed by atoms with van der Waals surface area (Å²) in [7, 11) is 0. The maximum absolute atomic E-state index is 13.0. The third-order valence-corrected chi connectivity index (χ3v) is 5.13. The van der Waals surface area contributed by atoms with E-state index < -0.39 is 0 Å². The fourth-order valence-corrected chi connectivity index (χ4v) is 3.61. The Morgan fingerprint density at radius 3 is 2.96 bits per heavy atom. The fourth-order valence-electron chi connectivity index (χ4n) is 3.61. The van der Waals surface area contributed by atoms with Gasteiger partial charge in [0, 0.05) is 18.5 Å². The molecule has 3 heterocycles. The van der Waals surface area contributed by atoms with Crippen LogP contribution >= 0.6 is 0 Å². The normalized spacial score (nSPS) is 20.0. The van der Waals surface area contributed by atoms with E-state index in [4.69, 9.17) is 4.74 Å². The van der Waals surface area contributed by atoms with Crippen LogP contribution < -0.4 is 0 Å². The number of aromatic nitrogens is 3. The summed E-state index contributed by atoms with van der Waals surface area (Å²) in [5, 5.41) is 5.25. The molecule has 2 aromatic rings.